The molecule has 1 aromatic carbocycles. The van der Waals surface area contributed by atoms with E-state index in [4.69, 9.17) is 0 Å². The molecule has 2 fully saturated rings. The molecule has 0 amide bonds. The average Bonchev–Trinajstić information content (AvgIpc) is 2.73. The van der Waals surface area contributed by atoms with E-state index in [0.29, 0.717) is 31.1 Å². The number of hydrogen-bond donors (Lipinski definition) is 1. The predicted octanol–water partition coefficient (Wildman–Crippen LogP) is 3.32. The highest BCUT2D eigenvalue weighted by molar-refractivity contribution is 7.89. The third kappa shape index (κ3) is 5.12. The fourth-order valence-corrected chi connectivity index (χ4v) is 5.66. The zero-order valence-corrected chi connectivity index (χ0v) is 18.3. The van der Waals surface area contributed by atoms with E-state index in [1.165, 1.54) is 23.6 Å². The zero-order valence-electron chi connectivity index (χ0n) is 17.5. The summed E-state index contributed by atoms with van der Waals surface area (Å²) in [7, 11) is -3.97. The van der Waals surface area contributed by atoms with Crippen molar-refractivity contribution in [1.82, 2.24) is 14.3 Å². The van der Waals surface area contributed by atoms with Gasteiger partial charge in [0.25, 0.3) is 0 Å². The minimum Gasteiger partial charge on any atom is -0.354 e. The number of rotatable bonds is 5. The largest absolute Gasteiger partial charge is 0.354 e. The van der Waals surface area contributed by atoms with Crippen LogP contribution in [0.1, 0.15) is 37.8 Å². The minimum absolute atomic E-state index is 0.203. The van der Waals surface area contributed by atoms with Gasteiger partial charge in [-0.3, -0.25) is 0 Å². The monoisotopic (exact) mass is 451 g/mol. The second kappa shape index (κ2) is 9.04. The molecule has 2 heterocycles. The molecule has 10 heteroatoms. The summed E-state index contributed by atoms with van der Waals surface area (Å²) in [6.45, 7) is 3.17. The molecule has 31 heavy (non-hydrogen) atoms. The Labute approximate surface area is 181 Å². The Morgan fingerprint density at radius 3 is 2.23 bits per heavy atom. The maximum absolute atomic E-state index is 13.5. The molecule has 0 unspecified atom stereocenters. The van der Waals surface area contributed by atoms with E-state index < -0.39 is 21.7 Å². The Morgan fingerprint density at radius 2 is 1.58 bits per heavy atom. The molecule has 0 bridgehead atoms. The van der Waals surface area contributed by atoms with Crippen molar-refractivity contribution in [3.8, 4) is 0 Å². The van der Waals surface area contributed by atoms with Crippen molar-refractivity contribution < 1.29 is 17.2 Å². The molecule has 0 atom stereocenters. The molecule has 1 saturated heterocycles. The molecule has 2 aromatic rings. The molecule has 2 aliphatic rings. The van der Waals surface area contributed by atoms with E-state index in [1.54, 1.807) is 0 Å². The molecule has 7 nitrogen and oxygen atoms in total. The molecule has 1 aliphatic heterocycles. The molecule has 168 valence electrons. The minimum atomic E-state index is -3.97. The Bertz CT molecular complexity index is 1020. The van der Waals surface area contributed by atoms with Crippen LogP contribution in [0, 0.1) is 18.6 Å². The van der Waals surface area contributed by atoms with Crippen molar-refractivity contribution in [2.75, 3.05) is 36.4 Å². The summed E-state index contributed by atoms with van der Waals surface area (Å²) in [5.74, 6) is -0.467. The van der Waals surface area contributed by atoms with Gasteiger partial charge in [0, 0.05) is 50.0 Å². The van der Waals surface area contributed by atoms with E-state index >= 15 is 0 Å². The molecule has 1 aliphatic carbocycles. The standard InChI is InChI=1S/C21H27F2N5O2S/c1-15-11-20(26-21(24-15)25-18-5-3-2-4-6-18)27-7-9-28(10-8-27)31(29,30)19-13-16(22)12-17(23)14-19/h11-14,18H,2-10H2,1H3,(H,24,25,26). The lowest BCUT2D eigenvalue weighted by Crippen LogP contribution is -2.49. The lowest BCUT2D eigenvalue weighted by molar-refractivity contribution is 0.383. The Balaban J connectivity index is 1.44. The first kappa shape index (κ1) is 21.9. The van der Waals surface area contributed by atoms with Gasteiger partial charge in [0.2, 0.25) is 16.0 Å². The second-order valence-corrected chi connectivity index (χ2v) is 10.1. The average molecular weight is 452 g/mol. The summed E-state index contributed by atoms with van der Waals surface area (Å²) < 4.78 is 53.9. The summed E-state index contributed by atoms with van der Waals surface area (Å²) in [6, 6.07) is 4.63. The fourth-order valence-electron chi connectivity index (χ4n) is 4.19. The zero-order chi connectivity index (χ0) is 22.0. The fraction of sp³-hybridized carbons (Fsp3) is 0.524. The summed E-state index contributed by atoms with van der Waals surface area (Å²) in [4.78, 5) is 10.8. The van der Waals surface area contributed by atoms with Gasteiger partial charge in [0.15, 0.2) is 0 Å². The Hall–Kier alpha value is -2.33. The summed E-state index contributed by atoms with van der Waals surface area (Å²) in [5, 5.41) is 3.44. The molecule has 0 radical (unpaired) electrons. The van der Waals surface area contributed by atoms with E-state index in [2.05, 4.69) is 15.3 Å². The van der Waals surface area contributed by atoms with Gasteiger partial charge in [0.1, 0.15) is 17.5 Å². The molecular weight excluding hydrogens is 424 g/mol. The normalized spacial score (nSPS) is 18.9. The second-order valence-electron chi connectivity index (χ2n) is 8.17. The number of aromatic nitrogens is 2. The SMILES string of the molecule is Cc1cc(N2CCN(S(=O)(=O)c3cc(F)cc(F)c3)CC2)nc(NC2CCCCC2)n1. The highest BCUT2D eigenvalue weighted by Crippen LogP contribution is 2.24. The number of sulfonamides is 1. The number of aryl methyl sites for hydroxylation is 1. The van der Waals surface area contributed by atoms with Crippen LogP contribution >= 0.6 is 0 Å². The van der Waals surface area contributed by atoms with Crippen molar-refractivity contribution in [3.63, 3.8) is 0 Å². The number of hydrogen-bond acceptors (Lipinski definition) is 6. The first-order valence-corrected chi connectivity index (χ1v) is 12.1. The van der Waals surface area contributed by atoms with Crippen molar-refractivity contribution >= 4 is 21.8 Å². The topological polar surface area (TPSA) is 78.4 Å². The van der Waals surface area contributed by atoms with Gasteiger partial charge < -0.3 is 10.2 Å². The quantitative estimate of drug-likeness (QED) is 0.752. The van der Waals surface area contributed by atoms with Crippen molar-refractivity contribution in [3.05, 3.63) is 41.6 Å². The van der Waals surface area contributed by atoms with Crippen LogP contribution in [0.4, 0.5) is 20.5 Å². The maximum atomic E-state index is 13.5. The van der Waals surface area contributed by atoms with Crippen LogP contribution in [0.2, 0.25) is 0 Å². The van der Waals surface area contributed by atoms with Gasteiger partial charge in [-0.1, -0.05) is 19.3 Å². The van der Waals surface area contributed by atoms with Crippen molar-refractivity contribution in [1.29, 1.82) is 0 Å². The molecule has 1 aromatic heterocycles. The smallest absolute Gasteiger partial charge is 0.243 e. The van der Waals surface area contributed by atoms with Gasteiger partial charge in [0.05, 0.1) is 4.90 Å². The first-order chi connectivity index (χ1) is 14.8. The number of benzene rings is 1. The van der Waals surface area contributed by atoms with Gasteiger partial charge >= 0.3 is 0 Å². The lowest BCUT2D eigenvalue weighted by Gasteiger charge is -2.35. The van der Waals surface area contributed by atoms with Crippen LogP contribution in [0.25, 0.3) is 0 Å². The summed E-state index contributed by atoms with van der Waals surface area (Å²) in [6.07, 6.45) is 5.92. The van der Waals surface area contributed by atoms with Crippen LogP contribution < -0.4 is 10.2 Å². The van der Waals surface area contributed by atoms with Crippen molar-refractivity contribution in [2.45, 2.75) is 50.0 Å². The van der Waals surface area contributed by atoms with Gasteiger partial charge in [-0.2, -0.15) is 9.29 Å². The Kier molecular flexibility index (Phi) is 6.38. The van der Waals surface area contributed by atoms with Crippen molar-refractivity contribution in [2.24, 2.45) is 0 Å². The van der Waals surface area contributed by atoms with Crippen LogP contribution in [0.15, 0.2) is 29.2 Å². The number of anilines is 2. The van der Waals surface area contributed by atoms with Crippen LogP contribution in [0.5, 0.6) is 0 Å². The van der Waals surface area contributed by atoms with Crippen LogP contribution in [0.3, 0.4) is 0 Å². The highest BCUT2D eigenvalue weighted by Gasteiger charge is 2.30. The highest BCUT2D eigenvalue weighted by atomic mass is 32.2. The number of halogens is 2. The first-order valence-electron chi connectivity index (χ1n) is 10.6. The van der Waals surface area contributed by atoms with E-state index in [1.807, 2.05) is 17.9 Å². The van der Waals surface area contributed by atoms with Gasteiger partial charge in [-0.05, 0) is 31.9 Å². The van der Waals surface area contributed by atoms with E-state index in [0.717, 1.165) is 36.5 Å². The number of piperazine rings is 1. The third-order valence-corrected chi connectivity index (χ3v) is 7.69. The van der Waals surface area contributed by atoms with Crippen LogP contribution in [-0.4, -0.2) is 54.9 Å². The van der Waals surface area contributed by atoms with Gasteiger partial charge in [-0.25, -0.2) is 22.2 Å². The molecule has 4 rings (SSSR count). The summed E-state index contributed by atoms with van der Waals surface area (Å²) >= 11 is 0. The van der Waals surface area contributed by atoms with Gasteiger partial charge in [-0.15, -0.1) is 0 Å². The van der Waals surface area contributed by atoms with E-state index in [-0.39, 0.29) is 18.0 Å². The molecule has 1 N–H and O–H groups in total. The van der Waals surface area contributed by atoms with E-state index in [9.17, 15) is 17.2 Å². The molecule has 0 spiro atoms. The molecular formula is C21H27F2N5O2S. The molecule has 1 saturated carbocycles. The summed E-state index contributed by atoms with van der Waals surface area (Å²) in [5.41, 5.74) is 0.841. The third-order valence-electron chi connectivity index (χ3n) is 5.82. The van der Waals surface area contributed by atoms with Crippen LogP contribution in [-0.2, 0) is 10.0 Å². The lowest BCUT2D eigenvalue weighted by atomic mass is 9.96. The number of nitrogens with one attached hydrogen (secondary N) is 1. The maximum Gasteiger partial charge on any atom is 0.243 e. The predicted molar refractivity (Wildman–Crippen MR) is 115 cm³/mol. The Morgan fingerprint density at radius 1 is 0.935 bits per heavy atom. The number of nitrogens with zero attached hydrogens (tertiary/aromatic N) is 4.